The van der Waals surface area contributed by atoms with E-state index in [2.05, 4.69) is 58.4 Å². The Balaban J connectivity index is 0.000000960. The first kappa shape index (κ1) is 18.5. The van der Waals surface area contributed by atoms with Crippen molar-refractivity contribution in [3.05, 3.63) is 47.0 Å². The topological polar surface area (TPSA) is 19.4 Å². The highest BCUT2D eigenvalue weighted by atomic mass is 35.5. The molecule has 2 aromatic rings. The van der Waals surface area contributed by atoms with Gasteiger partial charge in [0.1, 0.15) is 0 Å². The van der Waals surface area contributed by atoms with E-state index in [1.807, 2.05) is 6.20 Å². The van der Waals surface area contributed by atoms with Crippen molar-refractivity contribution in [2.45, 2.75) is 13.0 Å². The molecule has 0 N–H and O–H groups in total. The Morgan fingerprint density at radius 3 is 2.61 bits per heavy atom. The number of hydrogen-bond acceptors (Lipinski definition) is 4. The third-order valence-corrected chi connectivity index (χ3v) is 5.92. The molecular weight excluding hydrogens is 349 g/mol. The fraction of sp³-hybridized carbons (Fsp3) is 0.471. The van der Waals surface area contributed by atoms with Gasteiger partial charge in [0.05, 0.1) is 0 Å². The molecule has 3 heterocycles. The Kier molecular flexibility index (Phi) is 5.95. The van der Waals surface area contributed by atoms with E-state index in [1.54, 1.807) is 11.3 Å². The van der Waals surface area contributed by atoms with E-state index in [-0.39, 0.29) is 24.8 Å². The summed E-state index contributed by atoms with van der Waals surface area (Å²) in [5.41, 5.74) is 2.93. The van der Waals surface area contributed by atoms with Crippen LogP contribution in [0, 0.1) is 18.8 Å². The van der Waals surface area contributed by atoms with Crippen LogP contribution in [0.2, 0.25) is 0 Å². The number of anilines is 1. The zero-order valence-electron chi connectivity index (χ0n) is 13.4. The number of aromatic nitrogens is 1. The van der Waals surface area contributed by atoms with E-state index in [4.69, 9.17) is 0 Å². The predicted molar refractivity (Wildman–Crippen MR) is 102 cm³/mol. The van der Waals surface area contributed by atoms with Crippen molar-refractivity contribution in [2.75, 3.05) is 31.6 Å². The summed E-state index contributed by atoms with van der Waals surface area (Å²) in [5, 5.41) is 3.27. The minimum atomic E-state index is 0. The normalized spacial score (nSPS) is 26.5. The number of aryl methyl sites for hydroxylation is 1. The van der Waals surface area contributed by atoms with E-state index in [0.29, 0.717) is 6.04 Å². The Labute approximate surface area is 154 Å². The highest BCUT2D eigenvalue weighted by Gasteiger charge is 2.46. The summed E-state index contributed by atoms with van der Waals surface area (Å²) in [6, 6.07) is 9.43. The first-order valence-electron chi connectivity index (χ1n) is 7.64. The largest absolute Gasteiger partial charge is 0.347 e. The molecular formula is C17H23Cl2N3S. The number of likely N-dealkylation sites (tertiary alicyclic amines) is 1. The maximum atomic E-state index is 4.49. The number of benzene rings is 1. The standard InChI is InChI=1S/C17H21N3S.2ClH/c1-12-5-3-4-6-14(12)16-15-11-20(17-18-7-8-21-17)10-13(15)9-19(16)2;;/h3-8,13,15-16H,9-11H2,1-2H3;2*1H/t13-,15+,16+;;/m0../s1. The molecule has 0 radical (unpaired) electrons. The van der Waals surface area contributed by atoms with E-state index < -0.39 is 0 Å². The summed E-state index contributed by atoms with van der Waals surface area (Å²) >= 11 is 1.76. The van der Waals surface area contributed by atoms with Gasteiger partial charge in [-0.2, -0.15) is 0 Å². The van der Waals surface area contributed by atoms with Gasteiger partial charge in [0.2, 0.25) is 0 Å². The fourth-order valence-corrected chi connectivity index (χ4v) is 4.84. The van der Waals surface area contributed by atoms with Crippen LogP contribution in [0.5, 0.6) is 0 Å². The van der Waals surface area contributed by atoms with Crippen molar-refractivity contribution in [3.63, 3.8) is 0 Å². The van der Waals surface area contributed by atoms with Crippen molar-refractivity contribution in [3.8, 4) is 0 Å². The Morgan fingerprint density at radius 2 is 1.91 bits per heavy atom. The number of thiazole rings is 1. The highest BCUT2D eigenvalue weighted by molar-refractivity contribution is 7.13. The van der Waals surface area contributed by atoms with E-state index in [1.165, 1.54) is 22.8 Å². The van der Waals surface area contributed by atoms with Crippen LogP contribution in [0.1, 0.15) is 17.2 Å². The van der Waals surface area contributed by atoms with Gasteiger partial charge in [-0.15, -0.1) is 36.2 Å². The molecule has 3 nitrogen and oxygen atoms in total. The van der Waals surface area contributed by atoms with Crippen molar-refractivity contribution in [1.29, 1.82) is 0 Å². The van der Waals surface area contributed by atoms with Gasteiger partial charge in [0.25, 0.3) is 0 Å². The monoisotopic (exact) mass is 371 g/mol. The quantitative estimate of drug-likeness (QED) is 0.793. The van der Waals surface area contributed by atoms with E-state index >= 15 is 0 Å². The Bertz CT molecular complexity index is 635. The second kappa shape index (κ2) is 7.39. The fourth-order valence-electron chi connectivity index (χ4n) is 4.17. The number of fused-ring (bicyclic) bond motifs is 1. The molecule has 0 amide bonds. The maximum Gasteiger partial charge on any atom is 0.185 e. The van der Waals surface area contributed by atoms with Gasteiger partial charge in [0, 0.05) is 43.2 Å². The molecule has 0 spiro atoms. The molecule has 2 aliphatic rings. The summed E-state index contributed by atoms with van der Waals surface area (Å²) in [6.45, 7) is 5.74. The SMILES string of the molecule is Cc1ccccc1[C@@H]1[C@@H]2CN(c3nccs3)C[C@@H]2CN1C.Cl.Cl. The molecule has 2 aliphatic heterocycles. The van der Waals surface area contributed by atoms with Crippen molar-refractivity contribution in [1.82, 2.24) is 9.88 Å². The zero-order valence-corrected chi connectivity index (χ0v) is 15.8. The molecule has 23 heavy (non-hydrogen) atoms. The van der Waals surface area contributed by atoms with Crippen LogP contribution in [0.25, 0.3) is 0 Å². The summed E-state index contributed by atoms with van der Waals surface area (Å²) in [6.07, 6.45) is 1.92. The highest BCUT2D eigenvalue weighted by Crippen LogP contribution is 2.45. The minimum absolute atomic E-state index is 0. The summed E-state index contributed by atoms with van der Waals surface area (Å²) in [4.78, 5) is 9.53. The first-order chi connectivity index (χ1) is 10.2. The lowest BCUT2D eigenvalue weighted by atomic mass is 9.88. The molecule has 0 saturated carbocycles. The lowest BCUT2D eigenvalue weighted by Crippen LogP contribution is -2.29. The van der Waals surface area contributed by atoms with Gasteiger partial charge < -0.3 is 4.90 Å². The van der Waals surface area contributed by atoms with Crippen LogP contribution in [0.3, 0.4) is 0 Å². The average molecular weight is 372 g/mol. The second-order valence-corrected chi connectivity index (χ2v) is 7.26. The van der Waals surface area contributed by atoms with Crippen LogP contribution < -0.4 is 4.90 Å². The lowest BCUT2D eigenvalue weighted by molar-refractivity contribution is 0.279. The predicted octanol–water partition coefficient (Wildman–Crippen LogP) is 4.03. The number of halogens is 2. The minimum Gasteiger partial charge on any atom is -0.347 e. The van der Waals surface area contributed by atoms with Crippen LogP contribution in [-0.4, -0.2) is 36.6 Å². The van der Waals surface area contributed by atoms with Crippen molar-refractivity contribution >= 4 is 41.3 Å². The summed E-state index contributed by atoms with van der Waals surface area (Å²) in [7, 11) is 2.28. The van der Waals surface area contributed by atoms with Crippen molar-refractivity contribution in [2.24, 2.45) is 11.8 Å². The molecule has 1 aromatic carbocycles. The molecule has 2 saturated heterocycles. The third-order valence-electron chi connectivity index (χ3n) is 5.09. The smallest absolute Gasteiger partial charge is 0.185 e. The van der Waals surface area contributed by atoms with Crippen LogP contribution >= 0.6 is 36.2 Å². The lowest BCUT2D eigenvalue weighted by Gasteiger charge is -2.27. The molecule has 2 fully saturated rings. The van der Waals surface area contributed by atoms with Gasteiger partial charge in [-0.1, -0.05) is 24.3 Å². The third kappa shape index (κ3) is 3.22. The summed E-state index contributed by atoms with van der Waals surface area (Å²) < 4.78 is 0. The van der Waals surface area contributed by atoms with Gasteiger partial charge >= 0.3 is 0 Å². The molecule has 0 aliphatic carbocycles. The Morgan fingerprint density at radius 1 is 1.13 bits per heavy atom. The Hall–Kier alpha value is -0.810. The second-order valence-electron chi connectivity index (χ2n) is 6.38. The number of rotatable bonds is 2. The molecule has 0 unspecified atom stereocenters. The molecule has 3 atom stereocenters. The van der Waals surface area contributed by atoms with Gasteiger partial charge in [-0.25, -0.2) is 4.98 Å². The molecule has 1 aromatic heterocycles. The van der Waals surface area contributed by atoms with Crippen molar-refractivity contribution < 1.29 is 0 Å². The molecule has 126 valence electrons. The van der Waals surface area contributed by atoms with Gasteiger partial charge in [0.15, 0.2) is 5.13 Å². The summed E-state index contributed by atoms with van der Waals surface area (Å²) in [5.74, 6) is 1.49. The zero-order chi connectivity index (χ0) is 14.4. The van der Waals surface area contributed by atoms with Gasteiger partial charge in [-0.3, -0.25) is 4.90 Å². The first-order valence-corrected chi connectivity index (χ1v) is 8.52. The number of nitrogens with zero attached hydrogens (tertiary/aromatic N) is 3. The van der Waals surface area contributed by atoms with Crippen LogP contribution in [-0.2, 0) is 0 Å². The number of hydrogen-bond donors (Lipinski definition) is 0. The maximum absolute atomic E-state index is 4.49. The molecule has 0 bridgehead atoms. The molecule has 6 heteroatoms. The van der Waals surface area contributed by atoms with Gasteiger partial charge in [-0.05, 0) is 31.0 Å². The molecule has 4 rings (SSSR count). The van der Waals surface area contributed by atoms with Crippen LogP contribution in [0.4, 0.5) is 5.13 Å². The van der Waals surface area contributed by atoms with E-state index in [9.17, 15) is 0 Å². The van der Waals surface area contributed by atoms with Crippen LogP contribution in [0.15, 0.2) is 35.8 Å². The average Bonchev–Trinajstić information content (AvgIpc) is 3.14. The van der Waals surface area contributed by atoms with E-state index in [0.717, 1.165) is 24.9 Å².